The Kier molecular flexibility index (Phi) is 5.06. The SMILES string of the molecule is Cc1sc(Br)cc1S(=O)(=O)NC(C)(C)CCCl. The Bertz CT molecular complexity index is 496. The van der Waals surface area contributed by atoms with Crippen molar-refractivity contribution in [3.8, 4) is 0 Å². The van der Waals surface area contributed by atoms with E-state index in [2.05, 4.69) is 20.7 Å². The molecule has 0 saturated carbocycles. The second-order valence-corrected chi connectivity index (χ2v) is 9.06. The molecule has 1 aromatic heterocycles. The summed E-state index contributed by atoms with van der Waals surface area (Å²) in [6.45, 7) is 5.44. The first kappa shape index (κ1) is 15.4. The van der Waals surface area contributed by atoms with E-state index in [1.54, 1.807) is 13.0 Å². The molecule has 0 atom stereocenters. The molecule has 0 fully saturated rings. The van der Waals surface area contributed by atoms with Crippen LogP contribution in [0.1, 0.15) is 25.1 Å². The van der Waals surface area contributed by atoms with Gasteiger partial charge in [-0.3, -0.25) is 0 Å². The zero-order valence-corrected chi connectivity index (χ0v) is 13.9. The van der Waals surface area contributed by atoms with Crippen LogP contribution in [0.2, 0.25) is 0 Å². The summed E-state index contributed by atoms with van der Waals surface area (Å²) in [7, 11) is -3.48. The maximum absolute atomic E-state index is 12.2. The number of alkyl halides is 1. The molecule has 3 nitrogen and oxygen atoms in total. The standard InChI is InChI=1S/C10H15BrClNO2S2/c1-7-8(6-9(11)16-7)17(14,15)13-10(2,3)4-5-12/h6,13H,4-5H2,1-3H3. The quantitative estimate of drug-likeness (QED) is 0.817. The van der Waals surface area contributed by atoms with E-state index in [1.165, 1.54) is 11.3 Å². The van der Waals surface area contributed by atoms with Gasteiger partial charge in [0.05, 0.1) is 8.68 Å². The first-order valence-corrected chi connectivity index (χ1v) is 8.66. The number of sulfonamides is 1. The van der Waals surface area contributed by atoms with Gasteiger partial charge in [0.1, 0.15) is 0 Å². The lowest BCUT2D eigenvalue weighted by Crippen LogP contribution is -2.43. The minimum absolute atomic E-state index is 0.331. The normalized spacial score (nSPS) is 13.0. The van der Waals surface area contributed by atoms with Crippen LogP contribution in [0.15, 0.2) is 14.7 Å². The predicted octanol–water partition coefficient (Wildman–Crippen LogP) is 3.50. The van der Waals surface area contributed by atoms with Crippen molar-refractivity contribution < 1.29 is 8.42 Å². The second-order valence-electron chi connectivity index (χ2n) is 4.40. The van der Waals surface area contributed by atoms with Gasteiger partial charge in [0.25, 0.3) is 0 Å². The fourth-order valence-electron chi connectivity index (χ4n) is 1.40. The first-order valence-electron chi connectivity index (χ1n) is 5.04. The monoisotopic (exact) mass is 359 g/mol. The molecule has 0 aliphatic rings. The number of rotatable bonds is 5. The van der Waals surface area contributed by atoms with Crippen LogP contribution in [0, 0.1) is 6.92 Å². The molecule has 0 aliphatic heterocycles. The predicted molar refractivity (Wildman–Crippen MR) is 76.5 cm³/mol. The minimum atomic E-state index is -3.48. The molecule has 7 heteroatoms. The van der Waals surface area contributed by atoms with Crippen molar-refractivity contribution in [2.75, 3.05) is 5.88 Å². The van der Waals surface area contributed by atoms with Crippen molar-refractivity contribution in [1.29, 1.82) is 0 Å². The average molecular weight is 361 g/mol. The Morgan fingerprint density at radius 2 is 2.12 bits per heavy atom. The van der Waals surface area contributed by atoms with Crippen molar-refractivity contribution in [2.45, 2.75) is 37.6 Å². The van der Waals surface area contributed by atoms with Crippen LogP contribution in [-0.4, -0.2) is 19.8 Å². The Balaban J connectivity index is 3.01. The third-order valence-electron chi connectivity index (χ3n) is 2.26. The summed E-state index contributed by atoms with van der Waals surface area (Å²) in [5.74, 6) is 0.418. The summed E-state index contributed by atoms with van der Waals surface area (Å²) in [5.41, 5.74) is -0.540. The van der Waals surface area contributed by atoms with E-state index in [9.17, 15) is 8.42 Å². The van der Waals surface area contributed by atoms with Gasteiger partial charge in [-0.25, -0.2) is 13.1 Å². The fourth-order valence-corrected chi connectivity index (χ4v) is 5.73. The number of halogens is 2. The number of nitrogens with one attached hydrogen (secondary N) is 1. The second kappa shape index (κ2) is 5.57. The lowest BCUT2D eigenvalue weighted by Gasteiger charge is -2.24. The molecule has 0 saturated heterocycles. The van der Waals surface area contributed by atoms with Crippen LogP contribution in [0.3, 0.4) is 0 Å². The molecule has 0 unspecified atom stereocenters. The molecular weight excluding hydrogens is 346 g/mol. The zero-order valence-electron chi connectivity index (χ0n) is 9.88. The van der Waals surface area contributed by atoms with Crippen LogP contribution in [0.5, 0.6) is 0 Å². The summed E-state index contributed by atoms with van der Waals surface area (Å²) in [5, 5.41) is 0. The molecular formula is C10H15BrClNO2S2. The summed E-state index contributed by atoms with van der Waals surface area (Å²) in [4.78, 5) is 1.10. The molecule has 0 aromatic carbocycles. The van der Waals surface area contributed by atoms with Crippen molar-refractivity contribution in [2.24, 2.45) is 0 Å². The van der Waals surface area contributed by atoms with Gasteiger partial charge in [-0.15, -0.1) is 22.9 Å². The largest absolute Gasteiger partial charge is 0.242 e. The summed E-state index contributed by atoms with van der Waals surface area (Å²) >= 11 is 10.4. The van der Waals surface area contributed by atoms with E-state index in [0.29, 0.717) is 17.2 Å². The molecule has 1 rings (SSSR count). The van der Waals surface area contributed by atoms with Gasteiger partial charge >= 0.3 is 0 Å². The van der Waals surface area contributed by atoms with Crippen molar-refractivity contribution in [1.82, 2.24) is 4.72 Å². The lowest BCUT2D eigenvalue weighted by molar-refractivity contribution is 0.441. The Morgan fingerprint density at radius 1 is 1.53 bits per heavy atom. The molecule has 0 spiro atoms. The van der Waals surface area contributed by atoms with E-state index >= 15 is 0 Å². The van der Waals surface area contributed by atoms with Gasteiger partial charge in [0, 0.05) is 16.3 Å². The Morgan fingerprint density at radius 3 is 2.53 bits per heavy atom. The molecule has 1 aromatic rings. The fraction of sp³-hybridized carbons (Fsp3) is 0.600. The molecule has 0 aliphatic carbocycles. The minimum Gasteiger partial charge on any atom is -0.207 e. The van der Waals surface area contributed by atoms with Crippen LogP contribution < -0.4 is 4.72 Å². The van der Waals surface area contributed by atoms with Gasteiger partial charge in [-0.05, 0) is 49.2 Å². The van der Waals surface area contributed by atoms with Crippen LogP contribution >= 0.6 is 38.9 Å². The molecule has 1 N–H and O–H groups in total. The summed E-state index contributed by atoms with van der Waals surface area (Å²) in [6, 6.07) is 1.62. The van der Waals surface area contributed by atoms with Crippen LogP contribution in [0.25, 0.3) is 0 Å². The van der Waals surface area contributed by atoms with Gasteiger partial charge < -0.3 is 0 Å². The van der Waals surface area contributed by atoms with Crippen molar-refractivity contribution in [3.63, 3.8) is 0 Å². The van der Waals surface area contributed by atoms with Gasteiger partial charge in [0.2, 0.25) is 10.0 Å². The van der Waals surface area contributed by atoms with E-state index in [4.69, 9.17) is 11.6 Å². The number of thiophene rings is 1. The smallest absolute Gasteiger partial charge is 0.207 e. The lowest BCUT2D eigenvalue weighted by atomic mass is 10.0. The average Bonchev–Trinajstić information content (AvgIpc) is 2.43. The van der Waals surface area contributed by atoms with E-state index in [1.807, 2.05) is 13.8 Å². The molecule has 0 bridgehead atoms. The zero-order chi connectivity index (χ0) is 13.3. The van der Waals surface area contributed by atoms with Gasteiger partial charge in [-0.1, -0.05) is 0 Å². The number of hydrogen-bond donors (Lipinski definition) is 1. The molecule has 98 valence electrons. The summed E-state index contributed by atoms with van der Waals surface area (Å²) < 4.78 is 27.9. The Labute approximate surface area is 120 Å². The van der Waals surface area contributed by atoms with E-state index < -0.39 is 15.6 Å². The highest BCUT2D eigenvalue weighted by Gasteiger charge is 2.27. The number of aryl methyl sites for hydroxylation is 1. The number of hydrogen-bond acceptors (Lipinski definition) is 3. The molecule has 1 heterocycles. The first-order chi connectivity index (χ1) is 7.68. The third-order valence-corrected chi connectivity index (χ3v) is 5.96. The third kappa shape index (κ3) is 4.21. The summed E-state index contributed by atoms with van der Waals surface area (Å²) in [6.07, 6.45) is 0.581. The topological polar surface area (TPSA) is 46.2 Å². The van der Waals surface area contributed by atoms with Gasteiger partial charge in [-0.2, -0.15) is 0 Å². The van der Waals surface area contributed by atoms with Crippen molar-refractivity contribution >= 4 is 48.9 Å². The van der Waals surface area contributed by atoms with Crippen molar-refractivity contribution in [3.05, 3.63) is 14.7 Å². The van der Waals surface area contributed by atoms with Crippen LogP contribution in [-0.2, 0) is 10.0 Å². The highest BCUT2D eigenvalue weighted by molar-refractivity contribution is 9.11. The molecule has 0 radical (unpaired) electrons. The maximum Gasteiger partial charge on any atom is 0.242 e. The van der Waals surface area contributed by atoms with E-state index in [0.717, 1.165) is 8.66 Å². The highest BCUT2D eigenvalue weighted by atomic mass is 79.9. The highest BCUT2D eigenvalue weighted by Crippen LogP contribution is 2.30. The maximum atomic E-state index is 12.2. The van der Waals surface area contributed by atoms with Gasteiger partial charge in [0.15, 0.2) is 0 Å². The van der Waals surface area contributed by atoms with Crippen LogP contribution in [0.4, 0.5) is 0 Å². The van der Waals surface area contributed by atoms with E-state index in [-0.39, 0.29) is 0 Å². The molecule has 0 amide bonds. The molecule has 17 heavy (non-hydrogen) atoms. The Hall–Kier alpha value is 0.380.